The summed E-state index contributed by atoms with van der Waals surface area (Å²) < 4.78 is 3.04. The van der Waals surface area contributed by atoms with E-state index in [-0.39, 0.29) is 11.8 Å². The summed E-state index contributed by atoms with van der Waals surface area (Å²) in [5, 5.41) is 18.0. The van der Waals surface area contributed by atoms with Crippen LogP contribution in [0.25, 0.3) is 0 Å². The van der Waals surface area contributed by atoms with Crippen molar-refractivity contribution in [3.05, 3.63) is 28.0 Å². The van der Waals surface area contributed by atoms with Gasteiger partial charge in [-0.1, -0.05) is 0 Å². The first-order valence-electron chi connectivity index (χ1n) is 5.50. The van der Waals surface area contributed by atoms with E-state index >= 15 is 0 Å². The van der Waals surface area contributed by atoms with E-state index in [4.69, 9.17) is 5.73 Å². The van der Waals surface area contributed by atoms with Gasteiger partial charge in [-0.25, -0.2) is 9.55 Å². The zero-order valence-electron chi connectivity index (χ0n) is 10.4. The van der Waals surface area contributed by atoms with Gasteiger partial charge in [0.15, 0.2) is 5.82 Å². The first-order chi connectivity index (χ1) is 8.97. The number of hydrogen-bond acceptors (Lipinski definition) is 7. The van der Waals surface area contributed by atoms with E-state index in [2.05, 4.69) is 27.8 Å². The fourth-order valence-electron chi connectivity index (χ4n) is 1.78. The summed E-state index contributed by atoms with van der Waals surface area (Å²) in [5.74, 6) is 1.09. The molecule has 0 aliphatic carbocycles. The molecule has 2 aromatic heterocycles. The quantitative estimate of drug-likeness (QED) is 0.480. The molecular weight excluding hydrogens is 270 g/mol. The molecule has 1 atom stereocenters. The van der Waals surface area contributed by atoms with Crippen LogP contribution in [0.4, 0.5) is 11.8 Å². The van der Waals surface area contributed by atoms with Crippen molar-refractivity contribution in [1.82, 2.24) is 24.3 Å². The molecule has 102 valence electrons. The minimum Gasteiger partial charge on any atom is -0.368 e. The highest BCUT2D eigenvalue weighted by Gasteiger charge is 2.28. The maximum absolute atomic E-state index is 10.9. The van der Waals surface area contributed by atoms with Gasteiger partial charge in [0.1, 0.15) is 11.4 Å². The fourth-order valence-corrected chi connectivity index (χ4v) is 2.21. The average molecular weight is 283 g/mol. The SMILES string of the molecule is CCn1c([N+](=O)[O-])cnc1C(S)c1nnc(N)n1C. The first kappa shape index (κ1) is 13.3. The van der Waals surface area contributed by atoms with Gasteiger partial charge >= 0.3 is 5.82 Å². The predicted molar refractivity (Wildman–Crippen MR) is 70.8 cm³/mol. The van der Waals surface area contributed by atoms with Gasteiger partial charge in [0.25, 0.3) is 0 Å². The van der Waals surface area contributed by atoms with Crippen LogP contribution >= 0.6 is 12.6 Å². The molecule has 0 amide bonds. The van der Waals surface area contributed by atoms with Crippen molar-refractivity contribution in [2.45, 2.75) is 18.7 Å². The Kier molecular flexibility index (Phi) is 3.42. The van der Waals surface area contributed by atoms with Crippen LogP contribution in [0.3, 0.4) is 0 Å². The monoisotopic (exact) mass is 283 g/mol. The van der Waals surface area contributed by atoms with Crippen molar-refractivity contribution in [3.63, 3.8) is 0 Å². The van der Waals surface area contributed by atoms with Crippen LogP contribution in [0.2, 0.25) is 0 Å². The molecule has 0 spiro atoms. The molecular formula is C9H13N7O2S. The zero-order valence-corrected chi connectivity index (χ0v) is 11.3. The molecule has 0 aromatic carbocycles. The van der Waals surface area contributed by atoms with E-state index in [0.717, 1.165) is 0 Å². The van der Waals surface area contributed by atoms with Crippen molar-refractivity contribution in [3.8, 4) is 0 Å². The Morgan fingerprint density at radius 3 is 2.68 bits per heavy atom. The lowest BCUT2D eigenvalue weighted by atomic mass is 10.3. The van der Waals surface area contributed by atoms with Gasteiger partial charge in [-0.2, -0.15) is 12.6 Å². The lowest BCUT2D eigenvalue weighted by molar-refractivity contribution is -0.392. The predicted octanol–water partition coefficient (Wildman–Crippen LogP) is 0.541. The molecule has 0 aliphatic rings. The molecule has 0 saturated heterocycles. The van der Waals surface area contributed by atoms with Crippen molar-refractivity contribution in [2.24, 2.45) is 7.05 Å². The third kappa shape index (κ3) is 2.14. The summed E-state index contributed by atoms with van der Waals surface area (Å²) in [7, 11) is 1.70. The number of rotatable bonds is 4. The Labute approximate surface area is 114 Å². The molecule has 2 N–H and O–H groups in total. The highest BCUT2D eigenvalue weighted by molar-refractivity contribution is 7.80. The number of nitrogen functional groups attached to an aromatic ring is 1. The van der Waals surface area contributed by atoms with Crippen LogP contribution in [-0.4, -0.2) is 29.2 Å². The highest BCUT2D eigenvalue weighted by atomic mass is 32.1. The van der Waals surface area contributed by atoms with Gasteiger partial charge in [-0.3, -0.25) is 4.57 Å². The van der Waals surface area contributed by atoms with Gasteiger partial charge in [0.2, 0.25) is 11.8 Å². The molecule has 0 radical (unpaired) electrons. The number of nitrogens with zero attached hydrogens (tertiary/aromatic N) is 6. The van der Waals surface area contributed by atoms with Crippen LogP contribution in [0.15, 0.2) is 6.20 Å². The second kappa shape index (κ2) is 4.88. The Morgan fingerprint density at radius 1 is 1.53 bits per heavy atom. The molecule has 2 rings (SSSR count). The number of imidazole rings is 1. The summed E-state index contributed by atoms with van der Waals surface area (Å²) in [5.41, 5.74) is 5.60. The van der Waals surface area contributed by atoms with E-state index in [1.165, 1.54) is 10.8 Å². The van der Waals surface area contributed by atoms with Gasteiger partial charge < -0.3 is 15.8 Å². The van der Waals surface area contributed by atoms with Crippen LogP contribution in [0.1, 0.15) is 23.8 Å². The second-order valence-electron chi connectivity index (χ2n) is 3.85. The smallest absolute Gasteiger partial charge is 0.342 e. The third-order valence-corrected chi connectivity index (χ3v) is 3.26. The zero-order chi connectivity index (χ0) is 14.2. The summed E-state index contributed by atoms with van der Waals surface area (Å²) >= 11 is 4.41. The highest BCUT2D eigenvalue weighted by Crippen LogP contribution is 2.29. The summed E-state index contributed by atoms with van der Waals surface area (Å²) in [6.07, 6.45) is 1.21. The van der Waals surface area contributed by atoms with E-state index in [9.17, 15) is 10.1 Å². The normalized spacial score (nSPS) is 12.6. The first-order valence-corrected chi connectivity index (χ1v) is 6.01. The summed E-state index contributed by atoms with van der Waals surface area (Å²) in [6.45, 7) is 2.21. The van der Waals surface area contributed by atoms with Gasteiger partial charge in [0.05, 0.1) is 6.54 Å². The third-order valence-electron chi connectivity index (χ3n) is 2.80. The maximum Gasteiger partial charge on any atom is 0.342 e. The summed E-state index contributed by atoms with van der Waals surface area (Å²) in [4.78, 5) is 14.5. The van der Waals surface area contributed by atoms with E-state index in [1.54, 1.807) is 18.5 Å². The fraction of sp³-hybridized carbons (Fsp3) is 0.444. The standard InChI is InChI=1S/C9H13N7O2S/c1-3-15-5(16(17)18)4-11-7(15)6(19)8-12-13-9(10)14(8)2/h4,6,19H,3H2,1-2H3,(H2,10,13). The topological polar surface area (TPSA) is 118 Å². The number of aromatic nitrogens is 5. The molecule has 9 nitrogen and oxygen atoms in total. The number of hydrogen-bond donors (Lipinski definition) is 2. The molecule has 19 heavy (non-hydrogen) atoms. The van der Waals surface area contributed by atoms with Crippen LogP contribution in [-0.2, 0) is 13.6 Å². The Bertz CT molecular complexity index is 620. The number of nitro groups is 1. The molecule has 0 bridgehead atoms. The van der Waals surface area contributed by atoms with Crippen LogP contribution in [0.5, 0.6) is 0 Å². The number of nitrogens with two attached hydrogens (primary N) is 1. The van der Waals surface area contributed by atoms with Crippen LogP contribution < -0.4 is 5.73 Å². The molecule has 2 aromatic rings. The minimum atomic E-state index is -0.538. The van der Waals surface area contributed by atoms with Crippen molar-refractivity contribution >= 4 is 24.4 Å². The molecule has 10 heteroatoms. The lowest BCUT2D eigenvalue weighted by Crippen LogP contribution is -2.11. The van der Waals surface area contributed by atoms with Gasteiger partial charge in [0, 0.05) is 7.05 Å². The van der Waals surface area contributed by atoms with Crippen molar-refractivity contribution in [1.29, 1.82) is 0 Å². The van der Waals surface area contributed by atoms with Crippen molar-refractivity contribution < 1.29 is 4.92 Å². The molecule has 1 unspecified atom stereocenters. The van der Waals surface area contributed by atoms with E-state index < -0.39 is 10.2 Å². The average Bonchev–Trinajstić information content (AvgIpc) is 2.94. The lowest BCUT2D eigenvalue weighted by Gasteiger charge is -2.08. The number of thiol groups is 1. The molecule has 0 aliphatic heterocycles. The molecule has 2 heterocycles. The molecule has 0 fully saturated rings. The molecule has 0 saturated carbocycles. The second-order valence-corrected chi connectivity index (χ2v) is 4.37. The van der Waals surface area contributed by atoms with Crippen LogP contribution in [0, 0.1) is 10.1 Å². The maximum atomic E-state index is 10.9. The van der Waals surface area contributed by atoms with Gasteiger partial charge in [-0.05, 0) is 11.8 Å². The Hall–Kier alpha value is -2.10. The number of anilines is 1. The van der Waals surface area contributed by atoms with E-state index in [1.807, 2.05) is 0 Å². The van der Waals surface area contributed by atoms with Crippen molar-refractivity contribution in [2.75, 3.05) is 5.73 Å². The minimum absolute atomic E-state index is 0.0771. The largest absolute Gasteiger partial charge is 0.368 e. The Morgan fingerprint density at radius 2 is 2.21 bits per heavy atom. The Balaban J connectivity index is 2.47. The van der Waals surface area contributed by atoms with Gasteiger partial charge in [-0.15, -0.1) is 10.2 Å². The summed E-state index contributed by atoms with van der Waals surface area (Å²) in [6, 6.07) is 0. The van der Waals surface area contributed by atoms with E-state index in [0.29, 0.717) is 18.2 Å².